The number of rotatable bonds is 2. The van der Waals surface area contributed by atoms with Gasteiger partial charge in [0, 0.05) is 12.6 Å². The van der Waals surface area contributed by atoms with Crippen molar-refractivity contribution in [3.05, 3.63) is 40.1 Å². The van der Waals surface area contributed by atoms with Crippen LogP contribution in [0.4, 0.5) is 0 Å². The molecular weight excluding hydrogens is 240 g/mol. The van der Waals surface area contributed by atoms with Crippen molar-refractivity contribution in [1.29, 1.82) is 0 Å². The van der Waals surface area contributed by atoms with E-state index >= 15 is 0 Å². The molecule has 0 unspecified atom stereocenters. The lowest BCUT2D eigenvalue weighted by Crippen LogP contribution is -2.04. The number of aryl methyl sites for hydroxylation is 5. The van der Waals surface area contributed by atoms with Gasteiger partial charge in [-0.15, -0.1) is 0 Å². The van der Waals surface area contributed by atoms with Gasteiger partial charge in [0.15, 0.2) is 0 Å². The van der Waals surface area contributed by atoms with Crippen molar-refractivity contribution < 1.29 is 9.90 Å². The summed E-state index contributed by atoms with van der Waals surface area (Å²) in [4.78, 5) is 11.5. The normalized spacial score (nSPS) is 10.8. The van der Waals surface area contributed by atoms with Crippen LogP contribution >= 0.6 is 0 Å². The highest BCUT2D eigenvalue weighted by Gasteiger charge is 2.23. The number of aromatic carboxylic acids is 1. The number of benzene rings is 1. The van der Waals surface area contributed by atoms with Crippen LogP contribution in [-0.4, -0.2) is 20.9 Å². The maximum absolute atomic E-state index is 11.5. The third kappa shape index (κ3) is 2.14. The largest absolute Gasteiger partial charge is 0.478 e. The third-order valence-corrected chi connectivity index (χ3v) is 3.35. The van der Waals surface area contributed by atoms with E-state index in [0.717, 1.165) is 16.7 Å². The minimum absolute atomic E-state index is 0.289. The monoisotopic (exact) mass is 258 g/mol. The summed E-state index contributed by atoms with van der Waals surface area (Å²) in [6.07, 6.45) is 0. The molecule has 0 spiro atoms. The first-order valence-corrected chi connectivity index (χ1v) is 6.18. The number of aromatic nitrogens is 2. The van der Waals surface area contributed by atoms with Crippen molar-refractivity contribution in [3.8, 4) is 11.3 Å². The number of hydrogen-bond donors (Lipinski definition) is 1. The van der Waals surface area contributed by atoms with Gasteiger partial charge in [0.25, 0.3) is 0 Å². The van der Waals surface area contributed by atoms with Crippen LogP contribution in [0.5, 0.6) is 0 Å². The van der Waals surface area contributed by atoms with Crippen molar-refractivity contribution in [2.75, 3.05) is 0 Å². The molecule has 0 saturated carbocycles. The number of carbonyl (C=O) groups is 1. The lowest BCUT2D eigenvalue weighted by Gasteiger charge is -2.12. The van der Waals surface area contributed by atoms with Crippen LogP contribution in [0, 0.1) is 27.7 Å². The van der Waals surface area contributed by atoms with E-state index in [1.54, 1.807) is 18.7 Å². The van der Waals surface area contributed by atoms with Crippen LogP contribution < -0.4 is 0 Å². The molecule has 0 amide bonds. The van der Waals surface area contributed by atoms with Crippen LogP contribution in [0.2, 0.25) is 0 Å². The van der Waals surface area contributed by atoms with Gasteiger partial charge in [-0.3, -0.25) is 4.68 Å². The van der Waals surface area contributed by atoms with Crippen LogP contribution in [0.3, 0.4) is 0 Å². The molecule has 0 saturated heterocycles. The molecule has 1 aromatic carbocycles. The lowest BCUT2D eigenvalue weighted by molar-refractivity contribution is 0.0697. The Bertz CT molecular complexity index is 646. The summed E-state index contributed by atoms with van der Waals surface area (Å²) in [5, 5.41) is 13.7. The highest BCUT2D eigenvalue weighted by Crippen LogP contribution is 2.32. The number of hydrogen-bond acceptors (Lipinski definition) is 2. The molecule has 0 bridgehead atoms. The smallest absolute Gasteiger partial charge is 0.339 e. The highest BCUT2D eigenvalue weighted by atomic mass is 16.4. The second kappa shape index (κ2) is 4.53. The highest BCUT2D eigenvalue weighted by molar-refractivity contribution is 5.97. The molecule has 4 nitrogen and oxygen atoms in total. The fraction of sp³-hybridized carbons (Fsp3) is 0.333. The fourth-order valence-corrected chi connectivity index (χ4v) is 2.75. The quantitative estimate of drug-likeness (QED) is 0.900. The number of carboxylic acids is 1. The minimum atomic E-state index is -0.931. The molecule has 19 heavy (non-hydrogen) atoms. The predicted molar refractivity (Wildman–Crippen MR) is 74.6 cm³/mol. The average Bonchev–Trinajstić information content (AvgIpc) is 2.52. The van der Waals surface area contributed by atoms with Crippen LogP contribution in [-0.2, 0) is 7.05 Å². The van der Waals surface area contributed by atoms with Gasteiger partial charge < -0.3 is 5.11 Å². The van der Waals surface area contributed by atoms with Crippen molar-refractivity contribution in [2.45, 2.75) is 27.7 Å². The number of carboxylic acid groups (broad SMARTS) is 1. The van der Waals surface area contributed by atoms with Crippen molar-refractivity contribution in [2.24, 2.45) is 7.05 Å². The Labute approximate surface area is 112 Å². The van der Waals surface area contributed by atoms with E-state index < -0.39 is 5.97 Å². The van der Waals surface area contributed by atoms with Gasteiger partial charge in [-0.05, 0) is 38.8 Å². The SMILES string of the molecule is Cc1cc(C)c(-c2c(C(=O)O)c(C)nn2C)c(C)c1. The molecule has 0 aliphatic carbocycles. The fourth-order valence-electron chi connectivity index (χ4n) is 2.75. The lowest BCUT2D eigenvalue weighted by atomic mass is 9.94. The van der Waals surface area contributed by atoms with E-state index in [1.807, 2.05) is 20.8 Å². The van der Waals surface area contributed by atoms with Gasteiger partial charge in [-0.1, -0.05) is 17.7 Å². The molecule has 0 fully saturated rings. The third-order valence-electron chi connectivity index (χ3n) is 3.35. The molecular formula is C15H18N2O2. The molecule has 1 heterocycles. The summed E-state index contributed by atoms with van der Waals surface area (Å²) in [6, 6.07) is 4.13. The van der Waals surface area contributed by atoms with Gasteiger partial charge in [0.1, 0.15) is 5.56 Å². The van der Waals surface area contributed by atoms with Crippen molar-refractivity contribution in [1.82, 2.24) is 9.78 Å². The van der Waals surface area contributed by atoms with E-state index in [-0.39, 0.29) is 5.56 Å². The first-order valence-electron chi connectivity index (χ1n) is 6.18. The summed E-state index contributed by atoms with van der Waals surface area (Å²) in [5.41, 5.74) is 5.80. The topological polar surface area (TPSA) is 55.1 Å². The number of nitrogens with zero attached hydrogens (tertiary/aromatic N) is 2. The predicted octanol–water partition coefficient (Wildman–Crippen LogP) is 3.02. The molecule has 1 aromatic heterocycles. The van der Waals surface area contributed by atoms with E-state index in [2.05, 4.69) is 17.2 Å². The second-order valence-electron chi connectivity index (χ2n) is 5.01. The Morgan fingerprint density at radius 1 is 1.16 bits per heavy atom. The Morgan fingerprint density at radius 3 is 2.16 bits per heavy atom. The zero-order chi connectivity index (χ0) is 14.3. The Morgan fingerprint density at radius 2 is 1.68 bits per heavy atom. The maximum atomic E-state index is 11.5. The first kappa shape index (κ1) is 13.3. The molecule has 0 aliphatic heterocycles. The molecule has 0 radical (unpaired) electrons. The summed E-state index contributed by atoms with van der Waals surface area (Å²) in [7, 11) is 1.79. The second-order valence-corrected chi connectivity index (χ2v) is 5.01. The zero-order valence-electron chi connectivity index (χ0n) is 11.9. The molecule has 100 valence electrons. The maximum Gasteiger partial charge on any atom is 0.339 e. The standard InChI is InChI=1S/C15H18N2O2/c1-8-6-9(2)12(10(3)7-8)14-13(15(18)19)11(4)16-17(14)5/h6-7H,1-5H3,(H,18,19). The van der Waals surface area contributed by atoms with E-state index in [0.29, 0.717) is 11.4 Å². The zero-order valence-corrected chi connectivity index (χ0v) is 11.9. The molecule has 2 rings (SSSR count). The molecule has 2 aromatic rings. The summed E-state index contributed by atoms with van der Waals surface area (Å²) in [6.45, 7) is 7.77. The van der Waals surface area contributed by atoms with Gasteiger partial charge in [-0.2, -0.15) is 5.10 Å². The molecule has 0 atom stereocenters. The Balaban J connectivity index is 2.83. The van der Waals surface area contributed by atoms with Gasteiger partial charge in [-0.25, -0.2) is 4.79 Å². The van der Waals surface area contributed by atoms with E-state index in [1.165, 1.54) is 5.56 Å². The van der Waals surface area contributed by atoms with Gasteiger partial charge in [0.2, 0.25) is 0 Å². The van der Waals surface area contributed by atoms with Crippen molar-refractivity contribution in [3.63, 3.8) is 0 Å². The molecule has 1 N–H and O–H groups in total. The summed E-state index contributed by atoms with van der Waals surface area (Å²) < 4.78 is 1.66. The van der Waals surface area contributed by atoms with Crippen LogP contribution in [0.15, 0.2) is 12.1 Å². The minimum Gasteiger partial charge on any atom is -0.478 e. The summed E-state index contributed by atoms with van der Waals surface area (Å²) >= 11 is 0. The van der Waals surface area contributed by atoms with E-state index in [9.17, 15) is 9.90 Å². The van der Waals surface area contributed by atoms with Crippen LogP contribution in [0.25, 0.3) is 11.3 Å². The van der Waals surface area contributed by atoms with Crippen LogP contribution in [0.1, 0.15) is 32.7 Å². The average molecular weight is 258 g/mol. The first-order chi connectivity index (χ1) is 8.82. The summed E-state index contributed by atoms with van der Waals surface area (Å²) in [5.74, 6) is -0.931. The van der Waals surface area contributed by atoms with Crippen molar-refractivity contribution >= 4 is 5.97 Å². The van der Waals surface area contributed by atoms with Gasteiger partial charge in [0.05, 0.1) is 11.4 Å². The van der Waals surface area contributed by atoms with Gasteiger partial charge >= 0.3 is 5.97 Å². The molecule has 4 heteroatoms. The Kier molecular flexibility index (Phi) is 3.18. The van der Waals surface area contributed by atoms with E-state index in [4.69, 9.17) is 0 Å². The molecule has 0 aliphatic rings. The Hall–Kier alpha value is -2.10.